The smallest absolute Gasteiger partial charge is 0.0972 e. The van der Waals surface area contributed by atoms with Gasteiger partial charge >= 0.3 is 0 Å². The van der Waals surface area contributed by atoms with Crippen LogP contribution in [0, 0.1) is 0 Å². The van der Waals surface area contributed by atoms with Gasteiger partial charge in [-0.05, 0) is 26.4 Å². The maximum absolute atomic E-state index is 9.59. The summed E-state index contributed by atoms with van der Waals surface area (Å²) in [6, 6.07) is 0. The Labute approximate surface area is 79.7 Å². The molecule has 0 bridgehead atoms. The van der Waals surface area contributed by atoms with Gasteiger partial charge in [-0.1, -0.05) is 0 Å². The largest absolute Gasteiger partial charge is 0.389 e. The van der Waals surface area contributed by atoms with E-state index in [4.69, 9.17) is 10.5 Å². The molecule has 4 nitrogen and oxygen atoms in total. The number of aliphatic hydroxyl groups is 1. The number of aliphatic hydroxyl groups excluding tert-OH is 1. The molecule has 1 aliphatic rings. The lowest BCUT2D eigenvalue weighted by Crippen LogP contribution is -2.27. The molecule has 0 unspecified atom stereocenters. The minimum Gasteiger partial charge on any atom is -0.389 e. The fourth-order valence-electron chi connectivity index (χ4n) is 1.71. The summed E-state index contributed by atoms with van der Waals surface area (Å²) in [5.74, 6) is 0. The van der Waals surface area contributed by atoms with E-state index in [1.165, 1.54) is 0 Å². The predicted molar refractivity (Wildman–Crippen MR) is 51.5 cm³/mol. The van der Waals surface area contributed by atoms with E-state index in [0.29, 0.717) is 13.2 Å². The molecule has 0 aromatic carbocycles. The van der Waals surface area contributed by atoms with Crippen LogP contribution in [0.3, 0.4) is 0 Å². The zero-order valence-corrected chi connectivity index (χ0v) is 8.28. The van der Waals surface area contributed by atoms with Crippen LogP contribution in [0.4, 0.5) is 0 Å². The summed E-state index contributed by atoms with van der Waals surface area (Å²) < 4.78 is 5.40. The highest BCUT2D eigenvalue weighted by Crippen LogP contribution is 2.13. The predicted octanol–water partition coefficient (Wildman–Crippen LogP) is -0.583. The van der Waals surface area contributed by atoms with Gasteiger partial charge in [0, 0.05) is 19.7 Å². The molecular weight excluding hydrogens is 168 g/mol. The van der Waals surface area contributed by atoms with Crippen LogP contribution in [0.15, 0.2) is 0 Å². The molecule has 0 radical (unpaired) electrons. The third-order valence-corrected chi connectivity index (χ3v) is 2.37. The van der Waals surface area contributed by atoms with Crippen molar-refractivity contribution in [3.63, 3.8) is 0 Å². The molecule has 0 aromatic rings. The Hall–Kier alpha value is -0.160. The van der Waals surface area contributed by atoms with Gasteiger partial charge in [-0.25, -0.2) is 0 Å². The van der Waals surface area contributed by atoms with Crippen molar-refractivity contribution in [3.8, 4) is 0 Å². The van der Waals surface area contributed by atoms with E-state index in [2.05, 4.69) is 4.90 Å². The molecule has 4 heteroatoms. The SMILES string of the molecule is CCO[C@H]1CN(CCCN)C[C@H]1O. The summed E-state index contributed by atoms with van der Waals surface area (Å²) in [7, 11) is 0. The Kier molecular flexibility index (Phi) is 4.66. The number of nitrogens with zero attached hydrogens (tertiary/aromatic N) is 1. The molecule has 0 saturated carbocycles. The maximum atomic E-state index is 9.59. The van der Waals surface area contributed by atoms with Crippen molar-refractivity contribution in [1.29, 1.82) is 0 Å². The van der Waals surface area contributed by atoms with E-state index < -0.39 is 0 Å². The zero-order chi connectivity index (χ0) is 9.68. The van der Waals surface area contributed by atoms with Crippen LogP contribution in [0.2, 0.25) is 0 Å². The monoisotopic (exact) mass is 188 g/mol. The van der Waals surface area contributed by atoms with Crippen LogP contribution in [0.5, 0.6) is 0 Å². The van der Waals surface area contributed by atoms with E-state index in [1.807, 2.05) is 6.92 Å². The summed E-state index contributed by atoms with van der Waals surface area (Å²) in [4.78, 5) is 2.21. The van der Waals surface area contributed by atoms with Crippen molar-refractivity contribution in [2.75, 3.05) is 32.8 Å². The van der Waals surface area contributed by atoms with Crippen molar-refractivity contribution in [1.82, 2.24) is 4.90 Å². The van der Waals surface area contributed by atoms with Gasteiger partial charge in [0.05, 0.1) is 12.2 Å². The van der Waals surface area contributed by atoms with Crippen LogP contribution in [0.25, 0.3) is 0 Å². The average Bonchev–Trinajstić information content (AvgIpc) is 2.45. The van der Waals surface area contributed by atoms with Crippen molar-refractivity contribution in [3.05, 3.63) is 0 Å². The Bertz CT molecular complexity index is 144. The first-order chi connectivity index (χ1) is 6.27. The van der Waals surface area contributed by atoms with E-state index in [9.17, 15) is 5.11 Å². The van der Waals surface area contributed by atoms with Crippen molar-refractivity contribution in [2.45, 2.75) is 25.6 Å². The number of ether oxygens (including phenoxy) is 1. The highest BCUT2D eigenvalue weighted by molar-refractivity contribution is 4.84. The molecule has 13 heavy (non-hydrogen) atoms. The Morgan fingerprint density at radius 2 is 2.31 bits per heavy atom. The van der Waals surface area contributed by atoms with Gasteiger partial charge in [0.2, 0.25) is 0 Å². The van der Waals surface area contributed by atoms with Crippen LogP contribution < -0.4 is 5.73 Å². The Balaban J connectivity index is 2.23. The van der Waals surface area contributed by atoms with Crippen LogP contribution in [-0.4, -0.2) is 55.0 Å². The van der Waals surface area contributed by atoms with Gasteiger partial charge in [-0.3, -0.25) is 4.90 Å². The summed E-state index contributed by atoms with van der Waals surface area (Å²) in [6.07, 6.45) is 0.673. The normalized spacial score (nSPS) is 29.8. The first-order valence-electron chi connectivity index (χ1n) is 5.00. The molecule has 0 spiro atoms. The van der Waals surface area contributed by atoms with Crippen molar-refractivity contribution >= 4 is 0 Å². The topological polar surface area (TPSA) is 58.7 Å². The van der Waals surface area contributed by atoms with E-state index in [1.54, 1.807) is 0 Å². The van der Waals surface area contributed by atoms with E-state index in [-0.39, 0.29) is 12.2 Å². The molecule has 3 N–H and O–H groups in total. The van der Waals surface area contributed by atoms with Crippen molar-refractivity contribution < 1.29 is 9.84 Å². The van der Waals surface area contributed by atoms with Gasteiger partial charge < -0.3 is 15.6 Å². The lowest BCUT2D eigenvalue weighted by atomic mass is 10.3. The molecule has 0 aromatic heterocycles. The lowest BCUT2D eigenvalue weighted by Gasteiger charge is -2.14. The first kappa shape index (κ1) is 10.9. The number of likely N-dealkylation sites (tertiary alicyclic amines) is 1. The lowest BCUT2D eigenvalue weighted by molar-refractivity contribution is -0.00241. The molecule has 2 atom stereocenters. The summed E-state index contributed by atoms with van der Waals surface area (Å²) in [5, 5.41) is 9.59. The number of rotatable bonds is 5. The molecule has 0 amide bonds. The fourth-order valence-corrected chi connectivity index (χ4v) is 1.71. The second kappa shape index (κ2) is 5.54. The summed E-state index contributed by atoms with van der Waals surface area (Å²) in [6.45, 7) is 5.88. The minimum absolute atomic E-state index is 0.00257. The van der Waals surface area contributed by atoms with Gasteiger partial charge in [-0.15, -0.1) is 0 Å². The fraction of sp³-hybridized carbons (Fsp3) is 1.00. The van der Waals surface area contributed by atoms with Crippen LogP contribution in [0.1, 0.15) is 13.3 Å². The molecule has 1 rings (SSSR count). The van der Waals surface area contributed by atoms with Gasteiger partial charge in [0.25, 0.3) is 0 Å². The van der Waals surface area contributed by atoms with E-state index >= 15 is 0 Å². The molecule has 1 heterocycles. The second-order valence-corrected chi connectivity index (χ2v) is 3.46. The van der Waals surface area contributed by atoms with Gasteiger partial charge in [0.15, 0.2) is 0 Å². The standard InChI is InChI=1S/C9H20N2O2/c1-2-13-9-7-11(5-3-4-10)6-8(9)12/h8-9,12H,2-7,10H2,1H3/t8-,9+/m1/s1. The molecule has 1 saturated heterocycles. The molecule has 1 fully saturated rings. The van der Waals surface area contributed by atoms with Gasteiger partial charge in [0.1, 0.15) is 0 Å². The third kappa shape index (κ3) is 3.23. The van der Waals surface area contributed by atoms with Crippen LogP contribution in [-0.2, 0) is 4.74 Å². The zero-order valence-electron chi connectivity index (χ0n) is 8.28. The third-order valence-electron chi connectivity index (χ3n) is 2.37. The Morgan fingerprint density at radius 1 is 1.54 bits per heavy atom. The number of hydrogen-bond donors (Lipinski definition) is 2. The highest BCUT2D eigenvalue weighted by atomic mass is 16.5. The van der Waals surface area contributed by atoms with Gasteiger partial charge in [-0.2, -0.15) is 0 Å². The number of β-amino-alcohol motifs (C(OH)–C–C–N with tert-alkyl or cyclic N) is 1. The number of nitrogens with two attached hydrogens (primary N) is 1. The summed E-state index contributed by atoms with van der Waals surface area (Å²) >= 11 is 0. The quantitative estimate of drug-likeness (QED) is 0.606. The molecular formula is C9H20N2O2. The van der Waals surface area contributed by atoms with Crippen molar-refractivity contribution in [2.24, 2.45) is 5.73 Å². The first-order valence-corrected chi connectivity index (χ1v) is 5.00. The minimum atomic E-state index is -0.322. The Morgan fingerprint density at radius 3 is 2.92 bits per heavy atom. The summed E-state index contributed by atoms with van der Waals surface area (Å²) in [5.41, 5.74) is 5.41. The van der Waals surface area contributed by atoms with E-state index in [0.717, 1.165) is 26.1 Å². The molecule has 0 aliphatic carbocycles. The molecule has 1 aliphatic heterocycles. The highest BCUT2D eigenvalue weighted by Gasteiger charge is 2.30. The van der Waals surface area contributed by atoms with Crippen LogP contribution >= 0.6 is 0 Å². The average molecular weight is 188 g/mol. The second-order valence-electron chi connectivity index (χ2n) is 3.46. The number of hydrogen-bond acceptors (Lipinski definition) is 4. The molecule has 78 valence electrons. The maximum Gasteiger partial charge on any atom is 0.0972 e.